The van der Waals surface area contributed by atoms with Crippen molar-refractivity contribution < 1.29 is 17.7 Å². The molecule has 0 aromatic heterocycles. The minimum atomic E-state index is -2.15. The Bertz CT molecular complexity index is 278. The summed E-state index contributed by atoms with van der Waals surface area (Å²) in [5, 5.41) is 0. The van der Waals surface area contributed by atoms with Gasteiger partial charge in [0.2, 0.25) is 0 Å². The smallest absolute Gasteiger partial charge is 0.345 e. The predicted molar refractivity (Wildman–Crippen MR) is 77.1 cm³/mol. The fraction of sp³-hybridized carbons (Fsp3) is 0.667. The summed E-state index contributed by atoms with van der Waals surface area (Å²) < 4.78 is 22.3. The summed E-state index contributed by atoms with van der Waals surface area (Å²) in [6.45, 7) is 4.13. The van der Waals surface area contributed by atoms with Crippen LogP contribution in [0.2, 0.25) is 24.2 Å². The van der Waals surface area contributed by atoms with Crippen molar-refractivity contribution in [3.05, 3.63) is 24.3 Å². The van der Waals surface area contributed by atoms with Gasteiger partial charge in [0.1, 0.15) is 0 Å². The fourth-order valence-electron chi connectivity index (χ4n) is 2.02. The normalized spacial score (nSPS) is 24.6. The molecule has 1 aliphatic carbocycles. The van der Waals surface area contributed by atoms with Crippen LogP contribution < -0.4 is 0 Å². The van der Waals surface area contributed by atoms with Gasteiger partial charge in [-0.05, 0) is 13.1 Å². The van der Waals surface area contributed by atoms with Crippen molar-refractivity contribution in [3.63, 3.8) is 0 Å². The van der Waals surface area contributed by atoms with E-state index in [9.17, 15) is 0 Å². The third-order valence-electron chi connectivity index (χ3n) is 3.88. The molecule has 0 aromatic rings. The second-order valence-electron chi connectivity index (χ2n) is 4.67. The lowest BCUT2D eigenvalue weighted by molar-refractivity contribution is 0.243. The Labute approximate surface area is 112 Å². The van der Waals surface area contributed by atoms with Crippen molar-refractivity contribution >= 4 is 17.1 Å². The van der Waals surface area contributed by atoms with Crippen LogP contribution in [0.15, 0.2) is 24.3 Å². The van der Waals surface area contributed by atoms with E-state index in [0.717, 1.165) is 0 Å². The maximum absolute atomic E-state index is 5.56. The minimum Gasteiger partial charge on any atom is -0.397 e. The second-order valence-corrected chi connectivity index (χ2v) is 11.7. The average molecular weight is 288 g/mol. The first kappa shape index (κ1) is 15.8. The summed E-state index contributed by atoms with van der Waals surface area (Å²) in [5.74, 6) is 0. The largest absolute Gasteiger partial charge is 0.397 e. The van der Waals surface area contributed by atoms with E-state index < -0.39 is 17.1 Å². The first-order chi connectivity index (χ1) is 8.45. The first-order valence-corrected chi connectivity index (χ1v) is 10.8. The number of rotatable bonds is 6. The highest BCUT2D eigenvalue weighted by Crippen LogP contribution is 2.36. The van der Waals surface area contributed by atoms with Gasteiger partial charge in [0.05, 0.1) is 0 Å². The molecule has 0 heterocycles. The SMILES string of the molecule is CO[Si](C)(OC)C1C=CC([Si](C)(OC)OC)C=C1. The van der Waals surface area contributed by atoms with E-state index >= 15 is 0 Å². The molecule has 0 aliphatic heterocycles. The number of allylic oxidation sites excluding steroid dienone is 4. The molecule has 0 aromatic carbocycles. The van der Waals surface area contributed by atoms with Crippen molar-refractivity contribution in [1.29, 1.82) is 0 Å². The average Bonchev–Trinajstić information content (AvgIpc) is 2.45. The quantitative estimate of drug-likeness (QED) is 0.556. The van der Waals surface area contributed by atoms with E-state index in [1.165, 1.54) is 0 Å². The van der Waals surface area contributed by atoms with Crippen LogP contribution in [0.5, 0.6) is 0 Å². The molecule has 0 atom stereocenters. The van der Waals surface area contributed by atoms with Gasteiger partial charge in [-0.1, -0.05) is 24.3 Å². The van der Waals surface area contributed by atoms with Gasteiger partial charge < -0.3 is 17.7 Å². The van der Waals surface area contributed by atoms with E-state index in [-0.39, 0.29) is 11.1 Å². The van der Waals surface area contributed by atoms with Gasteiger partial charge in [-0.15, -0.1) is 0 Å². The Kier molecular flexibility index (Phi) is 5.51. The summed E-state index contributed by atoms with van der Waals surface area (Å²) in [6, 6.07) is 0. The molecule has 0 N–H and O–H groups in total. The molecule has 0 saturated carbocycles. The van der Waals surface area contributed by atoms with Crippen LogP contribution in [-0.4, -0.2) is 45.6 Å². The Hall–Kier alpha value is -0.246. The fourth-order valence-corrected chi connectivity index (χ4v) is 5.28. The van der Waals surface area contributed by atoms with Crippen LogP contribution in [-0.2, 0) is 17.7 Å². The summed E-state index contributed by atoms with van der Waals surface area (Å²) in [4.78, 5) is 0. The summed E-state index contributed by atoms with van der Waals surface area (Å²) >= 11 is 0. The molecule has 0 unspecified atom stereocenters. The van der Waals surface area contributed by atoms with E-state index in [0.29, 0.717) is 0 Å². The molecule has 0 amide bonds. The third kappa shape index (κ3) is 3.01. The summed E-state index contributed by atoms with van der Waals surface area (Å²) in [5.41, 5.74) is 0.464. The molecule has 0 spiro atoms. The Morgan fingerprint density at radius 2 is 0.833 bits per heavy atom. The van der Waals surface area contributed by atoms with Gasteiger partial charge in [-0.25, -0.2) is 0 Å². The third-order valence-corrected chi connectivity index (χ3v) is 10.3. The zero-order valence-electron chi connectivity index (χ0n) is 12.1. The molecule has 18 heavy (non-hydrogen) atoms. The van der Waals surface area contributed by atoms with Crippen molar-refractivity contribution in [3.8, 4) is 0 Å². The molecule has 104 valence electrons. The first-order valence-electron chi connectivity index (χ1n) is 6.03. The van der Waals surface area contributed by atoms with Crippen molar-refractivity contribution in [2.75, 3.05) is 28.4 Å². The zero-order chi connectivity index (χ0) is 13.8. The van der Waals surface area contributed by atoms with Gasteiger partial charge >= 0.3 is 17.1 Å². The lowest BCUT2D eigenvalue weighted by Gasteiger charge is -2.33. The molecule has 0 radical (unpaired) electrons. The molecule has 0 saturated heterocycles. The monoisotopic (exact) mass is 288 g/mol. The number of hydrogen-bond donors (Lipinski definition) is 0. The molecule has 1 rings (SSSR count). The molecular weight excluding hydrogens is 264 g/mol. The molecule has 1 aliphatic rings. The standard InChI is InChI=1S/C12H24O4Si2/c1-13-17(5,14-2)11-7-9-12(10-8-11)18(6,15-3)16-4/h7-12H,1-6H3. The van der Waals surface area contributed by atoms with Crippen LogP contribution in [0.3, 0.4) is 0 Å². The molecular formula is C12H24O4Si2. The predicted octanol–water partition coefficient (Wildman–Crippen LogP) is 2.58. The Morgan fingerprint density at radius 1 is 0.611 bits per heavy atom. The van der Waals surface area contributed by atoms with Gasteiger partial charge in [0.15, 0.2) is 0 Å². The van der Waals surface area contributed by atoms with Crippen LogP contribution in [0.4, 0.5) is 0 Å². The number of hydrogen-bond acceptors (Lipinski definition) is 4. The maximum atomic E-state index is 5.56. The van der Waals surface area contributed by atoms with E-state index in [2.05, 4.69) is 37.4 Å². The summed E-state index contributed by atoms with van der Waals surface area (Å²) in [6.07, 6.45) is 8.64. The molecule has 6 heteroatoms. The summed E-state index contributed by atoms with van der Waals surface area (Å²) in [7, 11) is 2.57. The zero-order valence-corrected chi connectivity index (χ0v) is 14.1. The van der Waals surface area contributed by atoms with Crippen LogP contribution in [0.25, 0.3) is 0 Å². The van der Waals surface area contributed by atoms with E-state index in [4.69, 9.17) is 17.7 Å². The molecule has 0 fully saturated rings. The van der Waals surface area contributed by atoms with Gasteiger partial charge in [0, 0.05) is 39.5 Å². The lowest BCUT2D eigenvalue weighted by Crippen LogP contribution is -2.43. The topological polar surface area (TPSA) is 36.9 Å². The van der Waals surface area contributed by atoms with Crippen LogP contribution in [0, 0.1) is 0 Å². The van der Waals surface area contributed by atoms with E-state index in [1.807, 2.05) is 0 Å². The van der Waals surface area contributed by atoms with Crippen LogP contribution >= 0.6 is 0 Å². The van der Waals surface area contributed by atoms with Crippen LogP contribution in [0.1, 0.15) is 0 Å². The van der Waals surface area contributed by atoms with E-state index in [1.54, 1.807) is 28.4 Å². The van der Waals surface area contributed by atoms with Crippen molar-refractivity contribution in [2.45, 2.75) is 24.2 Å². The highest BCUT2D eigenvalue weighted by Gasteiger charge is 2.41. The highest BCUT2D eigenvalue weighted by atomic mass is 28.4. The Balaban J connectivity index is 2.82. The van der Waals surface area contributed by atoms with Gasteiger partial charge in [0.25, 0.3) is 0 Å². The van der Waals surface area contributed by atoms with Crippen molar-refractivity contribution in [1.82, 2.24) is 0 Å². The maximum Gasteiger partial charge on any atom is 0.345 e. The second kappa shape index (κ2) is 6.27. The minimum absolute atomic E-state index is 0.232. The molecule has 0 bridgehead atoms. The van der Waals surface area contributed by atoms with Gasteiger partial charge in [-0.3, -0.25) is 0 Å². The highest BCUT2D eigenvalue weighted by molar-refractivity contribution is 6.70. The molecule has 4 nitrogen and oxygen atoms in total. The van der Waals surface area contributed by atoms with Crippen molar-refractivity contribution in [2.24, 2.45) is 0 Å². The Morgan fingerprint density at radius 3 is 1.00 bits per heavy atom. The van der Waals surface area contributed by atoms with Gasteiger partial charge in [-0.2, -0.15) is 0 Å². The lowest BCUT2D eigenvalue weighted by atomic mass is 10.2.